The second-order valence-electron chi connectivity index (χ2n) is 5.74. The van der Waals surface area contributed by atoms with Crippen LogP contribution in [-0.4, -0.2) is 10.7 Å². The molecule has 0 aromatic heterocycles. The molecule has 0 bridgehead atoms. The molecule has 2 nitrogen and oxygen atoms in total. The molecule has 86 valence electrons. The average Bonchev–Trinajstić information content (AvgIpc) is 2.19. The molecule has 0 aromatic carbocycles. The zero-order chi connectivity index (χ0) is 11.5. The van der Waals surface area contributed by atoms with Crippen molar-refractivity contribution in [2.24, 2.45) is 11.3 Å². The van der Waals surface area contributed by atoms with Crippen LogP contribution in [0.2, 0.25) is 0 Å². The minimum atomic E-state index is -0.708. The number of hydrogen-bond donors (Lipinski definition) is 1. The largest absolute Gasteiger partial charge is 0.389 e. The van der Waals surface area contributed by atoms with E-state index in [0.29, 0.717) is 5.41 Å². The van der Waals surface area contributed by atoms with Gasteiger partial charge in [0.25, 0.3) is 0 Å². The van der Waals surface area contributed by atoms with Gasteiger partial charge in [0, 0.05) is 0 Å². The molecule has 0 spiro atoms. The highest BCUT2D eigenvalue weighted by molar-refractivity contribution is 5.01. The summed E-state index contributed by atoms with van der Waals surface area (Å²) in [6.45, 7) is 6.56. The number of nitriles is 1. The van der Waals surface area contributed by atoms with Gasteiger partial charge in [0.2, 0.25) is 0 Å². The summed E-state index contributed by atoms with van der Waals surface area (Å²) in [5, 5.41) is 19.6. The van der Waals surface area contributed by atoms with E-state index in [4.69, 9.17) is 5.26 Å². The monoisotopic (exact) mass is 209 g/mol. The maximum atomic E-state index is 10.5. The smallest absolute Gasteiger partial charge is 0.0805 e. The SMILES string of the molecule is CCCC(C#N)C1(O)CCC(C)(C)CC1. The van der Waals surface area contributed by atoms with Gasteiger partial charge in [0.1, 0.15) is 0 Å². The maximum Gasteiger partial charge on any atom is 0.0805 e. The number of hydrogen-bond acceptors (Lipinski definition) is 2. The van der Waals surface area contributed by atoms with Crippen LogP contribution in [-0.2, 0) is 0 Å². The number of rotatable bonds is 3. The summed E-state index contributed by atoms with van der Waals surface area (Å²) in [5.74, 6) is -0.168. The summed E-state index contributed by atoms with van der Waals surface area (Å²) in [7, 11) is 0. The van der Waals surface area contributed by atoms with Crippen LogP contribution in [0.25, 0.3) is 0 Å². The van der Waals surface area contributed by atoms with E-state index in [9.17, 15) is 5.11 Å². The molecule has 1 N–H and O–H groups in total. The first kappa shape index (κ1) is 12.5. The van der Waals surface area contributed by atoms with Crippen molar-refractivity contribution in [3.8, 4) is 6.07 Å². The summed E-state index contributed by atoms with van der Waals surface area (Å²) in [4.78, 5) is 0. The molecule has 1 saturated carbocycles. The molecule has 1 rings (SSSR count). The van der Waals surface area contributed by atoms with Crippen LogP contribution < -0.4 is 0 Å². The third kappa shape index (κ3) is 2.95. The minimum Gasteiger partial charge on any atom is -0.389 e. The zero-order valence-corrected chi connectivity index (χ0v) is 10.2. The number of nitrogens with zero attached hydrogens (tertiary/aromatic N) is 1. The fourth-order valence-corrected chi connectivity index (χ4v) is 2.45. The zero-order valence-electron chi connectivity index (χ0n) is 10.2. The van der Waals surface area contributed by atoms with Crippen LogP contribution in [0.4, 0.5) is 0 Å². The van der Waals surface area contributed by atoms with Crippen molar-refractivity contribution in [1.82, 2.24) is 0 Å². The fraction of sp³-hybridized carbons (Fsp3) is 0.923. The van der Waals surface area contributed by atoms with Gasteiger partial charge in [0.05, 0.1) is 17.6 Å². The predicted molar refractivity (Wildman–Crippen MR) is 61.2 cm³/mol. The molecule has 0 radical (unpaired) electrons. The maximum absolute atomic E-state index is 10.5. The highest BCUT2D eigenvalue weighted by atomic mass is 16.3. The molecule has 0 heterocycles. The van der Waals surface area contributed by atoms with Crippen LogP contribution in [0, 0.1) is 22.7 Å². The highest BCUT2D eigenvalue weighted by Crippen LogP contribution is 2.44. The van der Waals surface area contributed by atoms with Crippen molar-refractivity contribution >= 4 is 0 Å². The van der Waals surface area contributed by atoms with E-state index in [1.54, 1.807) is 0 Å². The second kappa shape index (κ2) is 4.53. The van der Waals surface area contributed by atoms with Crippen LogP contribution >= 0.6 is 0 Å². The Bertz CT molecular complexity index is 242. The Labute approximate surface area is 93.3 Å². The molecule has 0 aromatic rings. The summed E-state index contributed by atoms with van der Waals surface area (Å²) in [5.41, 5.74) is -0.362. The van der Waals surface area contributed by atoms with Crippen LogP contribution in [0.5, 0.6) is 0 Å². The molecular weight excluding hydrogens is 186 g/mol. The molecule has 0 saturated heterocycles. The predicted octanol–water partition coefficient (Wildman–Crippen LogP) is 3.26. The lowest BCUT2D eigenvalue weighted by Gasteiger charge is -2.42. The molecule has 2 heteroatoms. The molecule has 1 aliphatic carbocycles. The molecule has 1 atom stereocenters. The van der Waals surface area contributed by atoms with Crippen LogP contribution in [0.15, 0.2) is 0 Å². The van der Waals surface area contributed by atoms with Gasteiger partial charge >= 0.3 is 0 Å². The fourth-order valence-electron chi connectivity index (χ4n) is 2.45. The van der Waals surface area contributed by atoms with Crippen molar-refractivity contribution in [1.29, 1.82) is 5.26 Å². The van der Waals surface area contributed by atoms with E-state index in [1.807, 2.05) is 0 Å². The van der Waals surface area contributed by atoms with E-state index >= 15 is 0 Å². The molecule has 15 heavy (non-hydrogen) atoms. The molecule has 1 fully saturated rings. The summed E-state index contributed by atoms with van der Waals surface area (Å²) in [6, 6.07) is 2.29. The van der Waals surface area contributed by atoms with Crippen LogP contribution in [0.3, 0.4) is 0 Å². The Morgan fingerprint density at radius 2 is 1.80 bits per heavy atom. The van der Waals surface area contributed by atoms with E-state index < -0.39 is 5.60 Å². The first-order valence-electron chi connectivity index (χ1n) is 6.05. The number of aliphatic hydroxyl groups is 1. The van der Waals surface area contributed by atoms with Gasteiger partial charge in [-0.15, -0.1) is 0 Å². The third-order valence-corrected chi connectivity index (χ3v) is 3.85. The lowest BCUT2D eigenvalue weighted by molar-refractivity contribution is -0.0574. The van der Waals surface area contributed by atoms with Gasteiger partial charge in [-0.3, -0.25) is 0 Å². The second-order valence-corrected chi connectivity index (χ2v) is 5.74. The van der Waals surface area contributed by atoms with E-state index in [2.05, 4.69) is 26.8 Å². The summed E-state index contributed by atoms with van der Waals surface area (Å²) < 4.78 is 0. The Morgan fingerprint density at radius 1 is 1.27 bits per heavy atom. The van der Waals surface area contributed by atoms with Gasteiger partial charge in [0.15, 0.2) is 0 Å². The lowest BCUT2D eigenvalue weighted by atomic mass is 9.66. The van der Waals surface area contributed by atoms with Gasteiger partial charge in [-0.05, 0) is 37.5 Å². The van der Waals surface area contributed by atoms with Crippen molar-refractivity contribution in [2.45, 2.75) is 64.9 Å². The third-order valence-electron chi connectivity index (χ3n) is 3.85. The summed E-state index contributed by atoms with van der Waals surface area (Å²) >= 11 is 0. The lowest BCUT2D eigenvalue weighted by Crippen LogP contribution is -2.42. The van der Waals surface area contributed by atoms with E-state index in [0.717, 1.165) is 38.5 Å². The standard InChI is InChI=1S/C13H23NO/c1-4-5-11(10-14)13(15)8-6-12(2,3)7-9-13/h11,15H,4-9H2,1-3H3. The average molecular weight is 209 g/mol. The van der Waals surface area contributed by atoms with Gasteiger partial charge in [-0.1, -0.05) is 27.2 Å². The van der Waals surface area contributed by atoms with Crippen molar-refractivity contribution in [3.63, 3.8) is 0 Å². The topological polar surface area (TPSA) is 44.0 Å². The van der Waals surface area contributed by atoms with E-state index in [-0.39, 0.29) is 5.92 Å². The van der Waals surface area contributed by atoms with Gasteiger partial charge in [-0.2, -0.15) is 5.26 Å². The van der Waals surface area contributed by atoms with Crippen molar-refractivity contribution in [3.05, 3.63) is 0 Å². The van der Waals surface area contributed by atoms with E-state index in [1.165, 1.54) is 0 Å². The molecule has 1 unspecified atom stereocenters. The van der Waals surface area contributed by atoms with Crippen LogP contribution in [0.1, 0.15) is 59.3 Å². The van der Waals surface area contributed by atoms with Gasteiger partial charge in [-0.25, -0.2) is 0 Å². The Kier molecular flexibility index (Phi) is 3.78. The summed E-state index contributed by atoms with van der Waals surface area (Å²) in [6.07, 6.45) is 5.45. The molecular formula is C13H23NO. The first-order valence-corrected chi connectivity index (χ1v) is 6.05. The molecule has 1 aliphatic rings. The minimum absolute atomic E-state index is 0.168. The normalized spacial score (nSPS) is 25.5. The Balaban J connectivity index is 2.65. The van der Waals surface area contributed by atoms with Gasteiger partial charge < -0.3 is 5.11 Å². The van der Waals surface area contributed by atoms with Crippen molar-refractivity contribution < 1.29 is 5.11 Å². The quantitative estimate of drug-likeness (QED) is 0.775. The first-order chi connectivity index (χ1) is 6.93. The Hall–Kier alpha value is -0.550. The van der Waals surface area contributed by atoms with Crippen molar-refractivity contribution in [2.75, 3.05) is 0 Å². The Morgan fingerprint density at radius 3 is 2.20 bits per heavy atom. The molecule has 0 amide bonds. The highest BCUT2D eigenvalue weighted by Gasteiger charge is 2.42. The molecule has 0 aliphatic heterocycles.